The van der Waals surface area contributed by atoms with Gasteiger partial charge in [-0.15, -0.1) is 10.2 Å². The van der Waals surface area contributed by atoms with Gasteiger partial charge >= 0.3 is 6.09 Å². The first kappa shape index (κ1) is 27.1. The van der Waals surface area contributed by atoms with Crippen LogP contribution in [0.15, 0.2) is 72.8 Å². The molecule has 1 fully saturated rings. The SMILES string of the molecule is CC(=O)N[C@@H](Cc1ccc(NC(=O)OCC2c3ccccc3-c3ccccc32)cc1)c1nnc(C2CCCCC2)s1. The highest BCUT2D eigenvalue weighted by atomic mass is 32.1. The normalized spacial score (nSPS) is 15.5. The Morgan fingerprint density at radius 2 is 1.56 bits per heavy atom. The Morgan fingerprint density at radius 1 is 0.902 bits per heavy atom. The number of amides is 2. The number of anilines is 1. The number of hydrogen-bond donors (Lipinski definition) is 2. The van der Waals surface area contributed by atoms with Crippen LogP contribution in [0.2, 0.25) is 0 Å². The van der Waals surface area contributed by atoms with Gasteiger partial charge in [-0.1, -0.05) is 91.3 Å². The molecule has 210 valence electrons. The summed E-state index contributed by atoms with van der Waals surface area (Å²) in [5, 5.41) is 16.8. The third-order valence-electron chi connectivity index (χ3n) is 8.07. The van der Waals surface area contributed by atoms with Gasteiger partial charge in [0.25, 0.3) is 0 Å². The predicted octanol–water partition coefficient (Wildman–Crippen LogP) is 7.37. The molecule has 2 amide bonds. The van der Waals surface area contributed by atoms with Crippen molar-refractivity contribution in [1.82, 2.24) is 15.5 Å². The van der Waals surface area contributed by atoms with Crippen molar-refractivity contribution in [2.24, 2.45) is 0 Å². The lowest BCUT2D eigenvalue weighted by Crippen LogP contribution is -2.27. The number of ether oxygens (including phenoxy) is 1. The second-order valence-corrected chi connectivity index (χ2v) is 12.0. The van der Waals surface area contributed by atoms with Crippen LogP contribution in [0.1, 0.15) is 83.6 Å². The van der Waals surface area contributed by atoms with Crippen molar-refractivity contribution < 1.29 is 14.3 Å². The predicted molar refractivity (Wildman–Crippen MR) is 161 cm³/mol. The van der Waals surface area contributed by atoms with E-state index in [0.717, 1.165) is 28.4 Å². The monoisotopic (exact) mass is 566 g/mol. The van der Waals surface area contributed by atoms with E-state index in [1.165, 1.54) is 48.4 Å². The van der Waals surface area contributed by atoms with Gasteiger partial charge in [0, 0.05) is 24.4 Å². The summed E-state index contributed by atoms with van der Waals surface area (Å²) in [6, 6.07) is 23.9. The highest BCUT2D eigenvalue weighted by Gasteiger charge is 2.29. The Labute approximate surface area is 244 Å². The average Bonchev–Trinajstić information content (AvgIpc) is 3.61. The van der Waals surface area contributed by atoms with Crippen molar-refractivity contribution in [3.8, 4) is 11.1 Å². The van der Waals surface area contributed by atoms with Gasteiger partial charge in [-0.05, 0) is 59.2 Å². The minimum atomic E-state index is -0.486. The fourth-order valence-electron chi connectivity index (χ4n) is 6.06. The zero-order chi connectivity index (χ0) is 28.2. The number of carbonyl (C=O) groups excluding carboxylic acids is 2. The molecule has 0 unspecified atom stereocenters. The number of nitrogens with zero attached hydrogens (tertiary/aromatic N) is 2. The molecule has 0 saturated heterocycles. The lowest BCUT2D eigenvalue weighted by molar-refractivity contribution is -0.119. The maximum absolute atomic E-state index is 12.7. The third-order valence-corrected chi connectivity index (χ3v) is 9.27. The van der Waals surface area contributed by atoms with E-state index in [9.17, 15) is 9.59 Å². The van der Waals surface area contributed by atoms with Crippen molar-refractivity contribution in [2.45, 2.75) is 63.3 Å². The second kappa shape index (κ2) is 12.2. The average molecular weight is 567 g/mol. The third kappa shape index (κ3) is 6.17. The van der Waals surface area contributed by atoms with Crippen LogP contribution in [-0.2, 0) is 16.0 Å². The maximum atomic E-state index is 12.7. The minimum absolute atomic E-state index is 0.0141. The van der Waals surface area contributed by atoms with Crippen LogP contribution in [-0.4, -0.2) is 28.8 Å². The summed E-state index contributed by atoms with van der Waals surface area (Å²) in [4.78, 5) is 24.7. The van der Waals surface area contributed by atoms with Crippen molar-refractivity contribution >= 4 is 29.0 Å². The Bertz CT molecular complexity index is 1480. The minimum Gasteiger partial charge on any atom is -0.448 e. The van der Waals surface area contributed by atoms with Gasteiger partial charge in [0.15, 0.2) is 0 Å². The second-order valence-electron chi connectivity index (χ2n) is 10.9. The van der Waals surface area contributed by atoms with Gasteiger partial charge in [0.2, 0.25) is 5.91 Å². The Hall–Kier alpha value is -4.04. The summed E-state index contributed by atoms with van der Waals surface area (Å²) >= 11 is 1.62. The van der Waals surface area contributed by atoms with E-state index in [2.05, 4.69) is 45.1 Å². The van der Waals surface area contributed by atoms with Gasteiger partial charge < -0.3 is 10.1 Å². The van der Waals surface area contributed by atoms with E-state index in [1.54, 1.807) is 11.3 Å². The van der Waals surface area contributed by atoms with Crippen LogP contribution in [0.25, 0.3) is 11.1 Å². The van der Waals surface area contributed by atoms with Crippen LogP contribution in [0.4, 0.5) is 10.5 Å². The quantitative estimate of drug-likeness (QED) is 0.232. The summed E-state index contributed by atoms with van der Waals surface area (Å²) in [5.41, 5.74) is 6.43. The highest BCUT2D eigenvalue weighted by molar-refractivity contribution is 7.11. The first-order valence-electron chi connectivity index (χ1n) is 14.4. The van der Waals surface area contributed by atoms with Crippen LogP contribution < -0.4 is 10.6 Å². The summed E-state index contributed by atoms with van der Waals surface area (Å²) in [6.45, 7) is 1.79. The molecular formula is C33H34N4O3S. The number of carbonyl (C=O) groups is 2. The molecule has 0 radical (unpaired) electrons. The summed E-state index contributed by atoms with van der Waals surface area (Å²) in [5.74, 6) is 0.398. The van der Waals surface area contributed by atoms with Gasteiger partial charge in [0.05, 0.1) is 6.04 Å². The van der Waals surface area contributed by atoms with Gasteiger partial charge in [-0.25, -0.2) is 4.79 Å². The number of nitrogens with one attached hydrogen (secondary N) is 2. The standard InChI is InChI=1S/C33H34N4O3S/c1-21(38)34-30(32-37-36-31(41-32)23-9-3-2-4-10-23)19-22-15-17-24(18-16-22)35-33(39)40-20-29-27-13-7-5-11-25(27)26-12-6-8-14-28(26)29/h5-8,11-18,23,29-30H,2-4,9-10,19-20H2,1H3,(H,34,38)(H,35,39)/t30-/m0/s1. The first-order valence-corrected chi connectivity index (χ1v) is 15.2. The van der Waals surface area contributed by atoms with Crippen LogP contribution in [0.5, 0.6) is 0 Å². The zero-order valence-electron chi connectivity index (χ0n) is 23.1. The van der Waals surface area contributed by atoms with Crippen molar-refractivity contribution in [1.29, 1.82) is 0 Å². The topological polar surface area (TPSA) is 93.2 Å². The van der Waals surface area contributed by atoms with Gasteiger partial charge in [-0.2, -0.15) is 0 Å². The molecule has 1 aromatic heterocycles. The molecule has 2 N–H and O–H groups in total. The molecule has 1 saturated carbocycles. The Balaban J connectivity index is 1.07. The lowest BCUT2D eigenvalue weighted by Gasteiger charge is -2.18. The fourth-order valence-corrected chi connectivity index (χ4v) is 7.12. The summed E-state index contributed by atoms with van der Waals surface area (Å²) in [7, 11) is 0. The number of benzene rings is 3. The molecule has 0 spiro atoms. The molecule has 2 aliphatic carbocycles. The molecule has 0 bridgehead atoms. The Kier molecular flexibility index (Phi) is 8.09. The maximum Gasteiger partial charge on any atom is 0.411 e. The van der Waals surface area contributed by atoms with E-state index >= 15 is 0 Å². The highest BCUT2D eigenvalue weighted by Crippen LogP contribution is 2.44. The smallest absolute Gasteiger partial charge is 0.411 e. The first-order chi connectivity index (χ1) is 20.0. The zero-order valence-corrected chi connectivity index (χ0v) is 24.0. The molecule has 1 heterocycles. The van der Waals surface area contributed by atoms with E-state index < -0.39 is 6.09 Å². The summed E-state index contributed by atoms with van der Waals surface area (Å²) in [6.07, 6.45) is 6.21. The van der Waals surface area contributed by atoms with E-state index in [-0.39, 0.29) is 24.5 Å². The number of hydrogen-bond acceptors (Lipinski definition) is 6. The van der Waals surface area contributed by atoms with E-state index in [4.69, 9.17) is 4.74 Å². The van der Waals surface area contributed by atoms with Crippen LogP contribution in [0, 0.1) is 0 Å². The van der Waals surface area contributed by atoms with Crippen LogP contribution in [0.3, 0.4) is 0 Å². The van der Waals surface area contributed by atoms with Crippen molar-refractivity contribution in [3.63, 3.8) is 0 Å². The van der Waals surface area contributed by atoms with Crippen molar-refractivity contribution in [3.05, 3.63) is 99.5 Å². The summed E-state index contributed by atoms with van der Waals surface area (Å²) < 4.78 is 5.68. The van der Waals surface area contributed by atoms with Crippen molar-refractivity contribution in [2.75, 3.05) is 11.9 Å². The molecule has 4 aromatic rings. The fraction of sp³-hybridized carbons (Fsp3) is 0.333. The Morgan fingerprint density at radius 3 is 2.22 bits per heavy atom. The van der Waals surface area contributed by atoms with E-state index in [1.807, 2.05) is 48.5 Å². The van der Waals surface area contributed by atoms with Crippen LogP contribution >= 0.6 is 11.3 Å². The molecule has 0 aliphatic heterocycles. The number of aromatic nitrogens is 2. The largest absolute Gasteiger partial charge is 0.448 e. The number of fused-ring (bicyclic) bond motifs is 3. The van der Waals surface area contributed by atoms with E-state index in [0.29, 0.717) is 18.0 Å². The molecule has 3 aromatic carbocycles. The lowest BCUT2D eigenvalue weighted by atomic mass is 9.90. The molecule has 2 aliphatic rings. The van der Waals surface area contributed by atoms with Gasteiger partial charge in [0.1, 0.15) is 16.6 Å². The molecule has 7 nitrogen and oxygen atoms in total. The molecule has 6 rings (SSSR count). The molecule has 1 atom stereocenters. The molecule has 41 heavy (non-hydrogen) atoms. The number of rotatable bonds is 8. The molecule has 8 heteroatoms. The molecular weight excluding hydrogens is 532 g/mol. The van der Waals surface area contributed by atoms with Gasteiger partial charge in [-0.3, -0.25) is 10.1 Å².